The quantitative estimate of drug-likeness (QED) is 0.133. The van der Waals surface area contributed by atoms with Gasteiger partial charge in [0.2, 0.25) is 0 Å². The molecule has 0 unspecified atom stereocenters. The summed E-state index contributed by atoms with van der Waals surface area (Å²) in [5.74, 6) is 0. The number of rotatable bonds is 10. The molecule has 0 atom stereocenters. The maximum Gasteiger partial charge on any atom is 0.169 e. The van der Waals surface area contributed by atoms with E-state index in [1.807, 2.05) is 0 Å². The zero-order valence-corrected chi connectivity index (χ0v) is 24.2. The van der Waals surface area contributed by atoms with Crippen molar-refractivity contribution in [3.8, 4) is 0 Å². The van der Waals surface area contributed by atoms with Gasteiger partial charge < -0.3 is 9.80 Å². The number of hydrogen-bond acceptors (Lipinski definition) is 2. The summed E-state index contributed by atoms with van der Waals surface area (Å²) in [5.41, 5.74) is 8.42. The summed E-state index contributed by atoms with van der Waals surface area (Å²) in [5, 5.41) is 2.47. The number of aromatic nitrogens is 1. The van der Waals surface area contributed by atoms with Crippen LogP contribution < -0.4 is 9.47 Å². The first-order valence-corrected chi connectivity index (χ1v) is 14.2. The predicted octanol–water partition coefficient (Wildman–Crippen LogP) is 8.73. The van der Waals surface area contributed by atoms with Crippen LogP contribution in [0.3, 0.4) is 0 Å². The highest BCUT2D eigenvalue weighted by atomic mass is 15.1. The third-order valence-corrected chi connectivity index (χ3v) is 7.28. The number of unbranched alkanes of at least 4 members (excludes halogenated alkanes) is 1. The molecule has 1 aromatic heterocycles. The first kappa shape index (κ1) is 27.4. The maximum atomic E-state index is 2.34. The minimum Gasteiger partial charge on any atom is -0.310 e. The molecule has 5 rings (SSSR count). The summed E-state index contributed by atoms with van der Waals surface area (Å²) in [6.07, 6.45) is 11.2. The third-order valence-electron chi connectivity index (χ3n) is 7.28. The lowest BCUT2D eigenvalue weighted by Gasteiger charge is -2.26. The summed E-state index contributed by atoms with van der Waals surface area (Å²) in [6.45, 7) is 6.50. The minimum absolute atomic E-state index is 1.07. The first-order valence-electron chi connectivity index (χ1n) is 14.2. The van der Waals surface area contributed by atoms with Gasteiger partial charge in [0.1, 0.15) is 6.54 Å². The van der Waals surface area contributed by atoms with E-state index in [2.05, 4.69) is 164 Å². The normalized spacial score (nSPS) is 11.5. The molecule has 0 amide bonds. The van der Waals surface area contributed by atoms with Gasteiger partial charge in [-0.3, -0.25) is 0 Å². The number of anilines is 3. The van der Waals surface area contributed by atoms with E-state index in [1.165, 1.54) is 57.2 Å². The Morgan fingerprint density at radius 2 is 1.20 bits per heavy atom. The second-order valence-corrected chi connectivity index (χ2v) is 11.0. The summed E-state index contributed by atoms with van der Waals surface area (Å²) in [7, 11) is 4.27. The molecule has 40 heavy (non-hydrogen) atoms. The SMILES string of the molecule is Cc1cccc(N(c2cccc(C)c2)c2ccc3cc(/C=C/c4cc[n+](CCCCN(C)C)cc4)ccc3c2)c1. The number of fused-ring (bicyclic) bond motifs is 1. The number of pyridine rings is 1. The monoisotopic (exact) mass is 526 g/mol. The van der Waals surface area contributed by atoms with Gasteiger partial charge >= 0.3 is 0 Å². The van der Waals surface area contributed by atoms with Crippen molar-refractivity contribution in [3.63, 3.8) is 0 Å². The minimum atomic E-state index is 1.07. The summed E-state index contributed by atoms with van der Waals surface area (Å²) < 4.78 is 2.28. The average molecular weight is 527 g/mol. The average Bonchev–Trinajstić information content (AvgIpc) is 2.95. The Bertz CT molecular complexity index is 1550. The van der Waals surface area contributed by atoms with Crippen LogP contribution in [0.4, 0.5) is 17.1 Å². The van der Waals surface area contributed by atoms with Crippen LogP contribution >= 0.6 is 0 Å². The van der Waals surface area contributed by atoms with Gasteiger partial charge in [0.05, 0.1) is 0 Å². The Labute approximate surface area is 239 Å². The first-order chi connectivity index (χ1) is 19.4. The van der Waals surface area contributed by atoms with E-state index in [1.54, 1.807) is 0 Å². The Morgan fingerprint density at radius 3 is 1.85 bits per heavy atom. The van der Waals surface area contributed by atoms with Crippen molar-refractivity contribution in [2.45, 2.75) is 33.2 Å². The van der Waals surface area contributed by atoms with E-state index in [0.717, 1.165) is 18.8 Å². The van der Waals surface area contributed by atoms with Crippen LogP contribution in [-0.2, 0) is 6.54 Å². The molecule has 4 aromatic carbocycles. The van der Waals surface area contributed by atoms with Crippen LogP contribution in [0.25, 0.3) is 22.9 Å². The summed E-state index contributed by atoms with van der Waals surface area (Å²) in [4.78, 5) is 4.59. The molecule has 0 saturated carbocycles. The van der Waals surface area contributed by atoms with Gasteiger partial charge in [-0.2, -0.15) is 0 Å². The van der Waals surface area contributed by atoms with Crippen molar-refractivity contribution in [1.29, 1.82) is 0 Å². The smallest absolute Gasteiger partial charge is 0.169 e. The molecule has 0 bridgehead atoms. The van der Waals surface area contributed by atoms with Crippen LogP contribution in [0.2, 0.25) is 0 Å². The second-order valence-electron chi connectivity index (χ2n) is 11.0. The standard InChI is InChI=1S/C37H40N3/c1-29-9-7-11-35(25-29)40(36-12-8-10-30(2)26-36)37-18-17-33-27-32(15-16-34(33)28-37)14-13-31-19-23-39(24-20-31)22-6-5-21-38(3)4/h7-20,23-28H,5-6,21-22H2,1-4H3/q+1. The fraction of sp³-hybridized carbons (Fsp3) is 0.216. The van der Waals surface area contributed by atoms with E-state index < -0.39 is 0 Å². The zero-order chi connectivity index (χ0) is 27.9. The van der Waals surface area contributed by atoms with E-state index >= 15 is 0 Å². The molecule has 0 aliphatic heterocycles. The van der Waals surface area contributed by atoms with Crippen molar-refractivity contribution in [1.82, 2.24) is 4.90 Å². The lowest BCUT2D eigenvalue weighted by molar-refractivity contribution is -0.697. The Hall–Kier alpha value is -4.21. The molecule has 0 N–H and O–H groups in total. The predicted molar refractivity (Wildman–Crippen MR) is 171 cm³/mol. The van der Waals surface area contributed by atoms with Gasteiger partial charge in [0, 0.05) is 35.6 Å². The van der Waals surface area contributed by atoms with Crippen LogP contribution in [-0.4, -0.2) is 25.5 Å². The van der Waals surface area contributed by atoms with E-state index in [0.29, 0.717) is 0 Å². The molecule has 202 valence electrons. The molecule has 3 heteroatoms. The van der Waals surface area contributed by atoms with Crippen molar-refractivity contribution < 1.29 is 4.57 Å². The molecule has 1 heterocycles. The van der Waals surface area contributed by atoms with Crippen LogP contribution in [0.5, 0.6) is 0 Å². The van der Waals surface area contributed by atoms with E-state index in [4.69, 9.17) is 0 Å². The number of aryl methyl sites for hydroxylation is 3. The molecule has 3 nitrogen and oxygen atoms in total. The van der Waals surface area contributed by atoms with E-state index in [9.17, 15) is 0 Å². The van der Waals surface area contributed by atoms with Gasteiger partial charge in [-0.25, -0.2) is 4.57 Å². The number of benzene rings is 4. The molecule has 0 aliphatic carbocycles. The maximum absolute atomic E-state index is 2.34. The molecule has 0 spiro atoms. The second kappa shape index (κ2) is 12.8. The third kappa shape index (κ3) is 7.05. The van der Waals surface area contributed by atoms with Crippen molar-refractivity contribution in [2.75, 3.05) is 25.5 Å². The molecule has 0 saturated heterocycles. The Kier molecular flexibility index (Phi) is 8.73. The van der Waals surface area contributed by atoms with Crippen LogP contribution in [0, 0.1) is 13.8 Å². The van der Waals surface area contributed by atoms with Crippen molar-refractivity contribution in [2.24, 2.45) is 0 Å². The highest BCUT2D eigenvalue weighted by Gasteiger charge is 2.13. The summed E-state index contributed by atoms with van der Waals surface area (Å²) >= 11 is 0. The largest absolute Gasteiger partial charge is 0.310 e. The molecule has 0 radical (unpaired) electrons. The van der Waals surface area contributed by atoms with Crippen LogP contribution in [0.1, 0.15) is 35.1 Å². The fourth-order valence-corrected chi connectivity index (χ4v) is 5.12. The zero-order valence-electron chi connectivity index (χ0n) is 24.2. The topological polar surface area (TPSA) is 10.4 Å². The van der Waals surface area contributed by atoms with E-state index in [-0.39, 0.29) is 0 Å². The lowest BCUT2D eigenvalue weighted by Crippen LogP contribution is -2.32. The fourth-order valence-electron chi connectivity index (χ4n) is 5.12. The number of hydrogen-bond donors (Lipinski definition) is 0. The van der Waals surface area contributed by atoms with Gasteiger partial charge in [-0.15, -0.1) is 0 Å². The van der Waals surface area contributed by atoms with Gasteiger partial charge in [-0.05, 0) is 116 Å². The van der Waals surface area contributed by atoms with Gasteiger partial charge in [0.15, 0.2) is 12.4 Å². The highest BCUT2D eigenvalue weighted by Crippen LogP contribution is 2.36. The molecule has 5 aromatic rings. The summed E-state index contributed by atoms with van der Waals surface area (Å²) in [6, 6.07) is 35.3. The molecular weight excluding hydrogens is 486 g/mol. The van der Waals surface area contributed by atoms with Crippen LogP contribution in [0.15, 0.2) is 109 Å². The van der Waals surface area contributed by atoms with Gasteiger partial charge in [-0.1, -0.05) is 54.6 Å². The lowest BCUT2D eigenvalue weighted by atomic mass is 10.0. The Balaban J connectivity index is 1.34. The Morgan fingerprint density at radius 1 is 0.600 bits per heavy atom. The van der Waals surface area contributed by atoms with Crippen molar-refractivity contribution >= 4 is 40.0 Å². The van der Waals surface area contributed by atoms with Crippen molar-refractivity contribution in [3.05, 3.63) is 132 Å². The number of nitrogens with zero attached hydrogens (tertiary/aromatic N) is 3. The molecule has 0 aliphatic rings. The van der Waals surface area contributed by atoms with Gasteiger partial charge in [0.25, 0.3) is 0 Å². The molecular formula is C37H40N3+. The highest BCUT2D eigenvalue weighted by molar-refractivity contribution is 5.91. The molecule has 0 fully saturated rings.